The quantitative estimate of drug-likeness (QED) is 0.377. The van der Waals surface area contributed by atoms with Crippen molar-refractivity contribution < 1.29 is 16.5 Å². The molecule has 0 fully saturated rings. The largest absolute Gasteiger partial charge is 2.00 e. The molecular weight excluding hydrogens is 363 g/mol. The van der Waals surface area contributed by atoms with Gasteiger partial charge in [-0.05, 0) is 48.6 Å². The van der Waals surface area contributed by atoms with Crippen molar-refractivity contribution in [2.75, 3.05) is 0 Å². The van der Waals surface area contributed by atoms with Crippen LogP contribution >= 0.6 is 0 Å². The van der Waals surface area contributed by atoms with Crippen molar-refractivity contribution in [3.05, 3.63) is 47.6 Å². The predicted molar refractivity (Wildman–Crippen MR) is 88.0 cm³/mol. The van der Waals surface area contributed by atoms with Gasteiger partial charge in [-0.2, -0.15) is 0 Å². The molecule has 5 heterocycles. The molecule has 0 saturated carbocycles. The number of rotatable bonds is 0. The van der Waals surface area contributed by atoms with Crippen molar-refractivity contribution >= 4 is 46.9 Å². The second-order valence-electron chi connectivity index (χ2n) is 5.09. The molecule has 0 N–H and O–H groups in total. The van der Waals surface area contributed by atoms with E-state index in [1.54, 1.807) is 48.6 Å². The first-order valence-electron chi connectivity index (χ1n) is 7.22. The van der Waals surface area contributed by atoms with Gasteiger partial charge in [0.05, 0.1) is 23.3 Å². The Bertz CT molecular complexity index is 997. The summed E-state index contributed by atoms with van der Waals surface area (Å²) in [6.07, 6.45) is 7.12. The van der Waals surface area contributed by atoms with E-state index < -0.39 is 0 Å². The van der Waals surface area contributed by atoms with E-state index in [0.717, 1.165) is 0 Å². The molecule has 3 aromatic heterocycles. The Morgan fingerprint density at radius 2 is 0.720 bits per heavy atom. The summed E-state index contributed by atoms with van der Waals surface area (Å²) in [6, 6.07) is 7.12. The Morgan fingerprint density at radius 1 is 0.440 bits per heavy atom. The number of hydrogen-bond acceptors (Lipinski definition) is 6. The summed E-state index contributed by atoms with van der Waals surface area (Å²) in [5, 5.41) is 0. The molecule has 122 valence electrons. The van der Waals surface area contributed by atoms with Crippen molar-refractivity contribution in [3.63, 3.8) is 0 Å². The van der Waals surface area contributed by atoms with E-state index in [1.165, 1.54) is 0 Å². The topological polar surface area (TPSA) is 106 Å². The molecule has 0 aromatic carbocycles. The fourth-order valence-electron chi connectivity index (χ4n) is 2.33. The number of nitrogens with zero attached hydrogens (tertiary/aromatic N) is 8. The van der Waals surface area contributed by atoms with Gasteiger partial charge in [-0.15, -0.1) is 0 Å². The van der Waals surface area contributed by atoms with Gasteiger partial charge in [0.2, 0.25) is 0 Å². The minimum atomic E-state index is 0. The molecule has 0 saturated heterocycles. The minimum Gasteiger partial charge on any atom is -0.358 e. The Morgan fingerprint density at radius 3 is 1.00 bits per heavy atom. The van der Waals surface area contributed by atoms with Gasteiger partial charge in [-0.1, -0.05) is 0 Å². The van der Waals surface area contributed by atoms with Crippen LogP contribution in [0.2, 0.25) is 0 Å². The molecule has 0 spiro atoms. The molecule has 5 rings (SSSR count). The Labute approximate surface area is 151 Å². The van der Waals surface area contributed by atoms with E-state index in [4.69, 9.17) is 0 Å². The first kappa shape index (κ1) is 15.3. The van der Waals surface area contributed by atoms with E-state index in [1.807, 2.05) is 0 Å². The van der Waals surface area contributed by atoms with Crippen LogP contribution in [-0.2, 0) is 16.5 Å². The molecule has 0 unspecified atom stereocenters. The third kappa shape index (κ3) is 3.09. The Balaban J connectivity index is 0.00000157. The molecule has 9 heteroatoms. The second kappa shape index (κ2) is 6.03. The number of aromatic nitrogens is 8. The van der Waals surface area contributed by atoms with Gasteiger partial charge >= 0.3 is 16.5 Å². The van der Waals surface area contributed by atoms with Crippen LogP contribution in [0.3, 0.4) is 0 Å². The molecule has 3 aromatic rings. The molecule has 0 amide bonds. The summed E-state index contributed by atoms with van der Waals surface area (Å²) in [4.78, 5) is 34.8. The number of fused-ring (bicyclic) bond motifs is 8. The minimum absolute atomic E-state index is 0. The van der Waals surface area contributed by atoms with Gasteiger partial charge in [-0.25, -0.2) is 9.97 Å². The summed E-state index contributed by atoms with van der Waals surface area (Å²) in [6.45, 7) is 0. The van der Waals surface area contributed by atoms with Crippen LogP contribution in [0.5, 0.6) is 0 Å². The predicted octanol–water partition coefficient (Wildman–Crippen LogP) is 1.49. The maximum atomic E-state index is 4.37. The first-order valence-corrected chi connectivity index (χ1v) is 7.22. The van der Waals surface area contributed by atoms with Crippen LogP contribution in [0.25, 0.3) is 46.9 Å². The van der Waals surface area contributed by atoms with E-state index >= 15 is 0 Å². The molecule has 2 aliphatic heterocycles. The van der Waals surface area contributed by atoms with E-state index in [-0.39, 0.29) is 16.5 Å². The van der Waals surface area contributed by atoms with Crippen molar-refractivity contribution in [2.45, 2.75) is 0 Å². The zero-order valence-electron chi connectivity index (χ0n) is 12.5. The fourth-order valence-corrected chi connectivity index (χ4v) is 2.33. The molecule has 8 nitrogen and oxygen atoms in total. The fraction of sp³-hybridized carbons (Fsp3) is 0. The van der Waals surface area contributed by atoms with Gasteiger partial charge in [-0.3, -0.25) is 0 Å². The van der Waals surface area contributed by atoms with Crippen molar-refractivity contribution in [1.82, 2.24) is 39.9 Å². The maximum Gasteiger partial charge on any atom is 2.00 e. The average molecular weight is 371 g/mol. The molecule has 25 heavy (non-hydrogen) atoms. The van der Waals surface area contributed by atoms with Crippen LogP contribution in [-0.4, -0.2) is 29.9 Å². The maximum absolute atomic E-state index is 4.37. The standard InChI is InChI=1S/C16H8N8.Ni/c1-2-10-17-9(1)21-11-3-4-13(18-11)23-15-7-8-16(20-15)24-14-6-5-12(19-14)22-10;/h1-8H;/q-2;+2. The van der Waals surface area contributed by atoms with Gasteiger partial charge in [0.15, 0.2) is 0 Å². The first-order chi connectivity index (χ1) is 11.8. The van der Waals surface area contributed by atoms with Gasteiger partial charge in [0, 0.05) is 22.6 Å². The smallest absolute Gasteiger partial charge is 0.358 e. The Kier molecular flexibility index (Phi) is 3.70. The van der Waals surface area contributed by atoms with Crippen molar-refractivity contribution in [3.8, 4) is 0 Å². The van der Waals surface area contributed by atoms with Crippen LogP contribution < -0.4 is 9.97 Å². The van der Waals surface area contributed by atoms with Crippen molar-refractivity contribution in [1.29, 1.82) is 0 Å². The molecular formula is C16H8N8Ni. The van der Waals surface area contributed by atoms with Crippen LogP contribution in [0.15, 0.2) is 24.3 Å². The zero-order valence-corrected chi connectivity index (χ0v) is 13.5. The third-order valence-corrected chi connectivity index (χ3v) is 3.36. The summed E-state index contributed by atoms with van der Waals surface area (Å²) in [7, 11) is 0. The Hall–Kier alpha value is -3.19. The normalized spacial score (nSPS) is 12.2. The molecule has 0 aliphatic carbocycles. The van der Waals surface area contributed by atoms with Crippen LogP contribution in [0.4, 0.5) is 0 Å². The number of hydrogen-bond donors (Lipinski definition) is 0. The monoisotopic (exact) mass is 370 g/mol. The summed E-state index contributed by atoms with van der Waals surface area (Å²) < 4.78 is 0. The summed E-state index contributed by atoms with van der Waals surface area (Å²) >= 11 is 0. The SMILES string of the molecule is C1=Cc2nc1nc1ccc(nc3nc(nc4ccc(n2)[n-]4)C=C3)[n-]1.[Ni+2]. The van der Waals surface area contributed by atoms with E-state index in [9.17, 15) is 0 Å². The molecule has 0 atom stereocenters. The molecule has 8 bridgehead atoms. The average Bonchev–Trinajstić information content (AvgIpc) is 3.32. The third-order valence-electron chi connectivity index (χ3n) is 3.36. The second-order valence-corrected chi connectivity index (χ2v) is 5.09. The van der Waals surface area contributed by atoms with Gasteiger partial charge < -0.3 is 29.9 Å². The van der Waals surface area contributed by atoms with Gasteiger partial charge in [0.25, 0.3) is 0 Å². The van der Waals surface area contributed by atoms with Crippen LogP contribution in [0.1, 0.15) is 23.3 Å². The van der Waals surface area contributed by atoms with E-state index in [0.29, 0.717) is 45.9 Å². The van der Waals surface area contributed by atoms with Gasteiger partial charge in [0.1, 0.15) is 0 Å². The summed E-state index contributed by atoms with van der Waals surface area (Å²) in [5.41, 5.74) is 2.15. The van der Waals surface area contributed by atoms with E-state index in [2.05, 4.69) is 39.9 Å². The molecule has 2 aliphatic rings. The van der Waals surface area contributed by atoms with Crippen molar-refractivity contribution in [2.24, 2.45) is 0 Å². The zero-order chi connectivity index (χ0) is 15.9. The van der Waals surface area contributed by atoms with Crippen LogP contribution in [0, 0.1) is 0 Å². The summed E-state index contributed by atoms with van der Waals surface area (Å²) in [5.74, 6) is 2.15. The molecule has 0 radical (unpaired) electrons.